The average Bonchev–Trinajstić information content (AvgIpc) is 3.16. The molecular formula is C18H23ClFN3O. The minimum absolute atomic E-state index is 0. The summed E-state index contributed by atoms with van der Waals surface area (Å²) in [7, 11) is 0. The number of fused-ring (bicyclic) bond motifs is 1. The average molecular weight is 352 g/mol. The molecule has 1 aromatic carbocycles. The van der Waals surface area contributed by atoms with E-state index in [9.17, 15) is 4.39 Å². The van der Waals surface area contributed by atoms with E-state index in [0.717, 1.165) is 43.2 Å². The lowest BCUT2D eigenvalue weighted by atomic mass is 9.78. The molecule has 2 heterocycles. The zero-order valence-corrected chi connectivity index (χ0v) is 14.3. The summed E-state index contributed by atoms with van der Waals surface area (Å²) in [5.74, 6) is 1.67. The number of likely N-dealkylation sites (tertiary alicyclic amines) is 1. The summed E-state index contributed by atoms with van der Waals surface area (Å²) in [4.78, 5) is 6.99. The molecule has 1 aliphatic carbocycles. The Morgan fingerprint density at radius 2 is 2.00 bits per heavy atom. The lowest BCUT2D eigenvalue weighted by Gasteiger charge is -2.29. The van der Waals surface area contributed by atoms with Crippen LogP contribution in [0.15, 0.2) is 34.9 Å². The van der Waals surface area contributed by atoms with E-state index in [2.05, 4.69) is 9.88 Å². The van der Waals surface area contributed by atoms with E-state index in [-0.39, 0.29) is 18.2 Å². The SMILES string of the molecule is Cl.NC1CCCC2CN(Cc3coc(-c4ccc(F)cc4)n3)CC12. The highest BCUT2D eigenvalue weighted by atomic mass is 35.5. The Kier molecular flexibility index (Phi) is 5.23. The standard InChI is InChI=1S/C18H22FN3O.ClH/c19-14-6-4-12(5-7-14)18-21-15(11-23-18)9-22-8-13-2-1-3-17(20)16(13)10-22;/h4-7,11,13,16-17H,1-3,8-10,20H2;1H. The Bertz CT molecular complexity index is 675. The van der Waals surface area contributed by atoms with Crippen molar-refractivity contribution in [3.05, 3.63) is 42.0 Å². The van der Waals surface area contributed by atoms with Crippen LogP contribution >= 0.6 is 12.4 Å². The Morgan fingerprint density at radius 1 is 1.21 bits per heavy atom. The maximum absolute atomic E-state index is 13.0. The zero-order chi connectivity index (χ0) is 15.8. The second-order valence-electron chi connectivity index (χ2n) is 6.86. The fourth-order valence-corrected chi connectivity index (χ4v) is 4.07. The number of nitrogens with zero attached hydrogens (tertiary/aromatic N) is 2. The Morgan fingerprint density at radius 3 is 2.75 bits per heavy atom. The predicted molar refractivity (Wildman–Crippen MR) is 93.2 cm³/mol. The fraction of sp³-hybridized carbons (Fsp3) is 0.500. The number of hydrogen-bond donors (Lipinski definition) is 1. The number of halogens is 2. The van der Waals surface area contributed by atoms with Gasteiger partial charge in [0.05, 0.1) is 5.69 Å². The van der Waals surface area contributed by atoms with Gasteiger partial charge in [0.15, 0.2) is 0 Å². The van der Waals surface area contributed by atoms with Crippen molar-refractivity contribution >= 4 is 12.4 Å². The van der Waals surface area contributed by atoms with Gasteiger partial charge >= 0.3 is 0 Å². The van der Waals surface area contributed by atoms with Crippen molar-refractivity contribution < 1.29 is 8.81 Å². The van der Waals surface area contributed by atoms with Crippen LogP contribution in [0.25, 0.3) is 11.5 Å². The van der Waals surface area contributed by atoms with Crippen LogP contribution in [0.4, 0.5) is 4.39 Å². The van der Waals surface area contributed by atoms with Gasteiger partial charge in [-0.2, -0.15) is 0 Å². The smallest absolute Gasteiger partial charge is 0.226 e. The van der Waals surface area contributed by atoms with E-state index in [4.69, 9.17) is 10.2 Å². The molecule has 0 radical (unpaired) electrons. The Hall–Kier alpha value is -1.43. The second-order valence-corrected chi connectivity index (χ2v) is 6.86. The summed E-state index contributed by atoms with van der Waals surface area (Å²) in [5, 5.41) is 0. The summed E-state index contributed by atoms with van der Waals surface area (Å²) in [6.07, 6.45) is 5.43. The molecule has 4 nitrogen and oxygen atoms in total. The van der Waals surface area contributed by atoms with Crippen molar-refractivity contribution in [1.29, 1.82) is 0 Å². The zero-order valence-electron chi connectivity index (χ0n) is 13.5. The number of nitrogens with two attached hydrogens (primary N) is 1. The molecule has 0 amide bonds. The normalized spacial score (nSPS) is 26.8. The minimum atomic E-state index is -0.253. The van der Waals surface area contributed by atoms with Gasteiger partial charge in [-0.05, 0) is 48.9 Å². The third kappa shape index (κ3) is 3.48. The van der Waals surface area contributed by atoms with Gasteiger partial charge in [0.2, 0.25) is 5.89 Å². The van der Waals surface area contributed by atoms with Crippen molar-refractivity contribution in [2.75, 3.05) is 13.1 Å². The highest BCUT2D eigenvalue weighted by Crippen LogP contribution is 2.36. The third-order valence-corrected chi connectivity index (χ3v) is 5.26. The molecule has 0 spiro atoms. The van der Waals surface area contributed by atoms with E-state index >= 15 is 0 Å². The molecule has 6 heteroatoms. The molecule has 130 valence electrons. The first kappa shape index (κ1) is 17.4. The predicted octanol–water partition coefficient (Wildman–Crippen LogP) is 3.46. The largest absolute Gasteiger partial charge is 0.444 e. The van der Waals surface area contributed by atoms with E-state index in [1.165, 1.54) is 25.0 Å². The number of oxazole rings is 1. The van der Waals surface area contributed by atoms with Gasteiger partial charge < -0.3 is 10.2 Å². The fourth-order valence-electron chi connectivity index (χ4n) is 4.07. The maximum atomic E-state index is 13.0. The molecule has 2 aromatic rings. The van der Waals surface area contributed by atoms with Crippen molar-refractivity contribution in [3.63, 3.8) is 0 Å². The van der Waals surface area contributed by atoms with Crippen LogP contribution in [0.2, 0.25) is 0 Å². The first-order valence-corrected chi connectivity index (χ1v) is 8.37. The summed E-state index contributed by atoms with van der Waals surface area (Å²) in [6, 6.07) is 6.58. The topological polar surface area (TPSA) is 55.3 Å². The van der Waals surface area contributed by atoms with E-state index in [1.807, 2.05) is 0 Å². The first-order chi connectivity index (χ1) is 11.2. The van der Waals surface area contributed by atoms with Crippen molar-refractivity contribution in [2.45, 2.75) is 31.8 Å². The number of rotatable bonds is 3. The molecule has 3 atom stereocenters. The first-order valence-electron chi connectivity index (χ1n) is 8.37. The van der Waals surface area contributed by atoms with Crippen LogP contribution < -0.4 is 5.73 Å². The van der Waals surface area contributed by atoms with Gasteiger partial charge in [-0.25, -0.2) is 9.37 Å². The van der Waals surface area contributed by atoms with Gasteiger partial charge in [0.25, 0.3) is 0 Å². The molecule has 2 fully saturated rings. The summed E-state index contributed by atoms with van der Waals surface area (Å²) >= 11 is 0. The number of hydrogen-bond acceptors (Lipinski definition) is 4. The molecule has 1 saturated carbocycles. The van der Waals surface area contributed by atoms with Crippen molar-refractivity contribution in [1.82, 2.24) is 9.88 Å². The quantitative estimate of drug-likeness (QED) is 0.920. The molecule has 1 aromatic heterocycles. The van der Waals surface area contributed by atoms with Crippen LogP contribution in [0.5, 0.6) is 0 Å². The van der Waals surface area contributed by atoms with Gasteiger partial charge in [0.1, 0.15) is 12.1 Å². The maximum Gasteiger partial charge on any atom is 0.226 e. The van der Waals surface area contributed by atoms with Gasteiger partial charge in [-0.3, -0.25) is 4.90 Å². The molecule has 24 heavy (non-hydrogen) atoms. The molecule has 1 saturated heterocycles. The van der Waals surface area contributed by atoms with Gasteiger partial charge in [-0.15, -0.1) is 12.4 Å². The summed E-state index contributed by atoms with van der Waals surface area (Å²) in [6.45, 7) is 2.96. The minimum Gasteiger partial charge on any atom is -0.444 e. The number of benzene rings is 1. The van der Waals surface area contributed by atoms with Gasteiger partial charge in [-0.1, -0.05) is 6.42 Å². The van der Waals surface area contributed by atoms with Gasteiger partial charge in [0, 0.05) is 31.2 Å². The third-order valence-electron chi connectivity index (χ3n) is 5.26. The molecule has 2 aliphatic rings. The van der Waals surface area contributed by atoms with Crippen LogP contribution in [-0.2, 0) is 6.54 Å². The van der Waals surface area contributed by atoms with Crippen molar-refractivity contribution in [2.24, 2.45) is 17.6 Å². The molecule has 2 N–H and O–H groups in total. The molecule has 0 bridgehead atoms. The molecule has 4 rings (SSSR count). The molecule has 3 unspecified atom stereocenters. The monoisotopic (exact) mass is 351 g/mol. The Balaban J connectivity index is 0.00000169. The van der Waals surface area contributed by atoms with Crippen LogP contribution in [0.1, 0.15) is 25.0 Å². The van der Waals surface area contributed by atoms with Crippen molar-refractivity contribution in [3.8, 4) is 11.5 Å². The van der Waals surface area contributed by atoms with Crippen LogP contribution in [0.3, 0.4) is 0 Å². The van der Waals surface area contributed by atoms with Crippen LogP contribution in [0, 0.1) is 17.7 Å². The summed E-state index contributed by atoms with van der Waals surface area (Å²) < 4.78 is 18.5. The van der Waals surface area contributed by atoms with E-state index < -0.39 is 0 Å². The lowest BCUT2D eigenvalue weighted by Crippen LogP contribution is -2.38. The highest BCUT2D eigenvalue weighted by molar-refractivity contribution is 5.85. The summed E-state index contributed by atoms with van der Waals surface area (Å²) in [5.41, 5.74) is 8.00. The molecular weight excluding hydrogens is 329 g/mol. The second kappa shape index (κ2) is 7.21. The molecule has 1 aliphatic heterocycles. The van der Waals surface area contributed by atoms with E-state index in [0.29, 0.717) is 17.9 Å². The lowest BCUT2D eigenvalue weighted by molar-refractivity contribution is 0.259. The highest BCUT2D eigenvalue weighted by Gasteiger charge is 2.38. The van der Waals surface area contributed by atoms with Crippen LogP contribution in [-0.4, -0.2) is 29.0 Å². The van der Waals surface area contributed by atoms with E-state index in [1.54, 1.807) is 18.4 Å². The number of aromatic nitrogens is 1. The Labute approximate surface area is 147 Å².